The highest BCUT2D eigenvalue weighted by molar-refractivity contribution is 5.90. The summed E-state index contributed by atoms with van der Waals surface area (Å²) in [5.74, 6) is 0. The van der Waals surface area contributed by atoms with Crippen LogP contribution in [0.2, 0.25) is 0 Å². The Balaban J connectivity index is 3.09. The van der Waals surface area contributed by atoms with Gasteiger partial charge < -0.3 is 11.1 Å². The zero-order valence-corrected chi connectivity index (χ0v) is 8.87. The second kappa shape index (κ2) is 5.17. The van der Waals surface area contributed by atoms with Gasteiger partial charge in [-0.25, -0.2) is 0 Å². The summed E-state index contributed by atoms with van der Waals surface area (Å²) < 4.78 is 0. The first-order chi connectivity index (χ1) is 7.19. The molecule has 0 radical (unpaired) electrons. The van der Waals surface area contributed by atoms with E-state index in [2.05, 4.69) is 5.48 Å². The first-order valence-electron chi connectivity index (χ1n) is 4.55. The van der Waals surface area contributed by atoms with Crippen molar-refractivity contribution in [1.82, 2.24) is 5.48 Å². The maximum atomic E-state index is 7.29. The van der Waals surface area contributed by atoms with Crippen molar-refractivity contribution in [3.8, 4) is 0 Å². The average Bonchev–Trinajstić information content (AvgIpc) is 2.18. The second-order valence-corrected chi connectivity index (χ2v) is 3.13. The van der Waals surface area contributed by atoms with Gasteiger partial charge in [0.05, 0.1) is 7.11 Å². The van der Waals surface area contributed by atoms with Gasteiger partial charge in [-0.15, -0.1) is 0 Å². The second-order valence-electron chi connectivity index (χ2n) is 3.13. The van der Waals surface area contributed by atoms with Crippen LogP contribution in [0.4, 0.5) is 5.69 Å². The van der Waals surface area contributed by atoms with Gasteiger partial charge >= 0.3 is 0 Å². The van der Waals surface area contributed by atoms with Gasteiger partial charge in [0.1, 0.15) is 0 Å². The summed E-state index contributed by atoms with van der Waals surface area (Å²) in [6.45, 7) is 1.88. The molecule has 0 aliphatic heterocycles. The van der Waals surface area contributed by atoms with Gasteiger partial charge in [-0.05, 0) is 24.6 Å². The Morgan fingerprint density at radius 2 is 2.27 bits per heavy atom. The van der Waals surface area contributed by atoms with Gasteiger partial charge in [-0.3, -0.25) is 10.3 Å². The molecule has 0 saturated carbocycles. The van der Waals surface area contributed by atoms with Crippen molar-refractivity contribution < 1.29 is 4.84 Å². The molecule has 4 N–H and O–H groups in total. The number of hydrogen-bond acceptors (Lipinski definition) is 4. The molecule has 1 rings (SSSR count). The van der Waals surface area contributed by atoms with Gasteiger partial charge in [0.15, 0.2) is 0 Å². The standard InChI is InChI=1S/C11H15N3O/c1-8(14-15-2)6-9-4-3-5-11(13)10(9)7-12/h3-7,12,14H,13H2,1-2H3/b8-6-,12-7?. The molecule has 0 aromatic heterocycles. The van der Waals surface area contributed by atoms with E-state index < -0.39 is 0 Å². The number of nitrogens with two attached hydrogens (primary N) is 1. The Bertz CT molecular complexity index is 385. The van der Waals surface area contributed by atoms with E-state index >= 15 is 0 Å². The quantitative estimate of drug-likeness (QED) is 0.398. The van der Waals surface area contributed by atoms with E-state index in [-0.39, 0.29) is 0 Å². The monoisotopic (exact) mass is 205 g/mol. The van der Waals surface area contributed by atoms with Crippen molar-refractivity contribution in [2.45, 2.75) is 6.92 Å². The van der Waals surface area contributed by atoms with Crippen LogP contribution in [0, 0.1) is 5.41 Å². The van der Waals surface area contributed by atoms with E-state index in [0.717, 1.165) is 16.8 Å². The normalized spacial score (nSPS) is 11.2. The Hall–Kier alpha value is -1.81. The molecule has 0 fully saturated rings. The van der Waals surface area contributed by atoms with E-state index in [1.807, 2.05) is 25.1 Å². The van der Waals surface area contributed by atoms with Crippen LogP contribution >= 0.6 is 0 Å². The summed E-state index contributed by atoms with van der Waals surface area (Å²) in [6.07, 6.45) is 3.13. The van der Waals surface area contributed by atoms with Crippen LogP contribution < -0.4 is 11.2 Å². The van der Waals surface area contributed by atoms with E-state index in [1.165, 1.54) is 6.21 Å². The van der Waals surface area contributed by atoms with Gasteiger partial charge in [-0.1, -0.05) is 12.1 Å². The minimum atomic E-state index is 0.601. The number of nitrogen functional groups attached to an aromatic ring is 1. The summed E-state index contributed by atoms with van der Waals surface area (Å²) >= 11 is 0. The fourth-order valence-electron chi connectivity index (χ4n) is 1.32. The van der Waals surface area contributed by atoms with E-state index in [1.54, 1.807) is 13.2 Å². The third-order valence-electron chi connectivity index (χ3n) is 1.95. The summed E-state index contributed by atoms with van der Waals surface area (Å²) in [6, 6.07) is 5.53. The highest BCUT2D eigenvalue weighted by atomic mass is 16.6. The fraction of sp³-hybridized carbons (Fsp3) is 0.182. The van der Waals surface area contributed by atoms with Crippen molar-refractivity contribution in [3.05, 3.63) is 35.0 Å². The number of benzene rings is 1. The lowest BCUT2D eigenvalue weighted by Crippen LogP contribution is -2.08. The fourth-order valence-corrected chi connectivity index (χ4v) is 1.32. The molecule has 0 aliphatic rings. The molecule has 0 bridgehead atoms. The predicted octanol–water partition coefficient (Wildman–Crippen LogP) is 1.78. The average molecular weight is 205 g/mol. The third-order valence-corrected chi connectivity index (χ3v) is 1.95. The van der Waals surface area contributed by atoms with Crippen molar-refractivity contribution in [3.63, 3.8) is 0 Å². The van der Waals surface area contributed by atoms with Crippen molar-refractivity contribution >= 4 is 18.0 Å². The molecule has 1 aromatic carbocycles. The summed E-state index contributed by atoms with van der Waals surface area (Å²) in [5.41, 5.74) is 11.5. The van der Waals surface area contributed by atoms with Crippen LogP contribution in [0.1, 0.15) is 18.1 Å². The molecule has 0 aliphatic carbocycles. The Labute approximate surface area is 89.2 Å². The molecule has 0 heterocycles. The summed E-state index contributed by atoms with van der Waals surface area (Å²) in [4.78, 5) is 4.77. The minimum absolute atomic E-state index is 0.601. The number of hydroxylamine groups is 1. The first-order valence-corrected chi connectivity index (χ1v) is 4.55. The molecular weight excluding hydrogens is 190 g/mol. The molecule has 4 nitrogen and oxygen atoms in total. The lowest BCUT2D eigenvalue weighted by Gasteiger charge is -2.06. The molecule has 0 atom stereocenters. The first kappa shape index (κ1) is 11.3. The molecule has 0 spiro atoms. The summed E-state index contributed by atoms with van der Waals surface area (Å²) in [7, 11) is 1.55. The van der Waals surface area contributed by atoms with Crippen molar-refractivity contribution in [2.24, 2.45) is 0 Å². The van der Waals surface area contributed by atoms with Gasteiger partial charge in [0, 0.05) is 23.2 Å². The maximum absolute atomic E-state index is 7.29. The number of anilines is 1. The van der Waals surface area contributed by atoms with E-state index in [9.17, 15) is 0 Å². The number of allylic oxidation sites excluding steroid dienone is 1. The lowest BCUT2D eigenvalue weighted by molar-refractivity contribution is 0.119. The van der Waals surface area contributed by atoms with E-state index in [4.69, 9.17) is 16.0 Å². The zero-order chi connectivity index (χ0) is 11.3. The Kier molecular flexibility index (Phi) is 3.88. The number of rotatable bonds is 4. The van der Waals surface area contributed by atoms with Crippen LogP contribution in [-0.4, -0.2) is 13.3 Å². The largest absolute Gasteiger partial charge is 0.398 e. The molecular formula is C11H15N3O. The van der Waals surface area contributed by atoms with Gasteiger partial charge in [0.2, 0.25) is 0 Å². The van der Waals surface area contributed by atoms with Crippen LogP contribution in [0.3, 0.4) is 0 Å². The SMILES string of the molecule is CON/C(C)=C\c1cccc(N)c1C=N. The predicted molar refractivity (Wildman–Crippen MR) is 62.5 cm³/mol. The van der Waals surface area contributed by atoms with Crippen molar-refractivity contribution in [2.75, 3.05) is 12.8 Å². The van der Waals surface area contributed by atoms with Gasteiger partial charge in [0.25, 0.3) is 0 Å². The molecule has 15 heavy (non-hydrogen) atoms. The van der Waals surface area contributed by atoms with Gasteiger partial charge in [-0.2, -0.15) is 0 Å². The van der Waals surface area contributed by atoms with Crippen LogP contribution in [0.5, 0.6) is 0 Å². The number of nitrogens with one attached hydrogen (secondary N) is 2. The van der Waals surface area contributed by atoms with Crippen LogP contribution in [0.25, 0.3) is 6.08 Å². The minimum Gasteiger partial charge on any atom is -0.398 e. The molecule has 4 heteroatoms. The lowest BCUT2D eigenvalue weighted by atomic mass is 10.1. The molecule has 0 saturated heterocycles. The topological polar surface area (TPSA) is 71.1 Å². The van der Waals surface area contributed by atoms with E-state index in [0.29, 0.717) is 5.69 Å². The van der Waals surface area contributed by atoms with Crippen molar-refractivity contribution in [1.29, 1.82) is 5.41 Å². The van der Waals surface area contributed by atoms with Crippen LogP contribution in [-0.2, 0) is 4.84 Å². The highest BCUT2D eigenvalue weighted by Gasteiger charge is 2.01. The molecule has 0 unspecified atom stereocenters. The summed E-state index contributed by atoms with van der Waals surface area (Å²) in [5, 5.41) is 7.29. The molecule has 80 valence electrons. The molecule has 0 amide bonds. The third kappa shape index (κ3) is 2.82. The smallest absolute Gasteiger partial charge is 0.0636 e. The zero-order valence-electron chi connectivity index (χ0n) is 8.87. The maximum Gasteiger partial charge on any atom is 0.0636 e. The van der Waals surface area contributed by atoms with Crippen LogP contribution in [0.15, 0.2) is 23.9 Å². The highest BCUT2D eigenvalue weighted by Crippen LogP contribution is 2.17. The Morgan fingerprint density at radius 3 is 2.87 bits per heavy atom. The Morgan fingerprint density at radius 1 is 1.53 bits per heavy atom. The molecule has 1 aromatic rings. The number of hydrogen-bond donors (Lipinski definition) is 3.